The Morgan fingerprint density at radius 2 is 1.77 bits per heavy atom. The molecule has 0 unspecified atom stereocenters. The van der Waals surface area contributed by atoms with E-state index in [2.05, 4.69) is 5.32 Å². The van der Waals surface area contributed by atoms with Crippen LogP contribution in [0, 0.1) is 20.8 Å². The van der Waals surface area contributed by atoms with Crippen molar-refractivity contribution in [2.45, 2.75) is 26.5 Å². The van der Waals surface area contributed by atoms with E-state index in [1.165, 1.54) is 0 Å². The van der Waals surface area contributed by atoms with Gasteiger partial charge in [0, 0.05) is 22.2 Å². The zero-order valence-corrected chi connectivity index (χ0v) is 14.0. The first-order valence-corrected chi connectivity index (χ1v) is 8.71. The molecule has 116 valence electrons. The van der Waals surface area contributed by atoms with Crippen LogP contribution in [-0.2, 0) is 21.3 Å². The zero-order chi connectivity index (χ0) is 16.1. The third-order valence-corrected chi connectivity index (χ3v) is 4.75. The molecule has 0 aliphatic heterocycles. The monoisotopic (exact) mass is 315 g/mol. The van der Waals surface area contributed by atoms with E-state index in [1.807, 2.05) is 63.2 Å². The van der Waals surface area contributed by atoms with Crippen LogP contribution in [0.25, 0.3) is 0 Å². The molecular formula is C18H21NO2S. The molecule has 0 aliphatic carbocycles. The first-order valence-electron chi connectivity index (χ1n) is 7.22. The fourth-order valence-electron chi connectivity index (χ4n) is 2.23. The number of aryl methyl sites for hydroxylation is 3. The van der Waals surface area contributed by atoms with Gasteiger partial charge in [-0.25, -0.2) is 0 Å². The molecule has 2 rings (SSSR count). The number of nitrogens with one attached hydrogen (secondary N) is 1. The fourth-order valence-corrected chi connectivity index (χ4v) is 3.35. The van der Waals surface area contributed by atoms with Gasteiger partial charge in [-0.3, -0.25) is 9.00 Å². The zero-order valence-electron chi connectivity index (χ0n) is 13.2. The molecule has 0 aromatic heterocycles. The van der Waals surface area contributed by atoms with Crippen LogP contribution in [0.1, 0.15) is 22.3 Å². The molecule has 1 atom stereocenters. The minimum Gasteiger partial charge on any atom is -0.325 e. The van der Waals surface area contributed by atoms with Crippen LogP contribution in [0.4, 0.5) is 5.69 Å². The smallest absolute Gasteiger partial charge is 0.237 e. The highest BCUT2D eigenvalue weighted by molar-refractivity contribution is 7.84. The van der Waals surface area contributed by atoms with Crippen LogP contribution in [0.5, 0.6) is 0 Å². The average molecular weight is 315 g/mol. The summed E-state index contributed by atoms with van der Waals surface area (Å²) in [5.74, 6) is 0.217. The van der Waals surface area contributed by atoms with Crippen molar-refractivity contribution in [2.24, 2.45) is 0 Å². The Hall–Kier alpha value is -1.94. The maximum absolute atomic E-state index is 12.2. The first-order chi connectivity index (χ1) is 10.5. The molecule has 3 nitrogen and oxygen atoms in total. The van der Waals surface area contributed by atoms with Crippen molar-refractivity contribution in [2.75, 3.05) is 11.1 Å². The molecule has 0 bridgehead atoms. The second-order valence-corrected chi connectivity index (χ2v) is 6.98. The second kappa shape index (κ2) is 7.36. The molecule has 4 heteroatoms. The van der Waals surface area contributed by atoms with E-state index in [9.17, 15) is 9.00 Å². The van der Waals surface area contributed by atoms with Crippen molar-refractivity contribution < 1.29 is 9.00 Å². The Balaban J connectivity index is 1.96. The molecule has 0 spiro atoms. The lowest BCUT2D eigenvalue weighted by Crippen LogP contribution is -2.20. The van der Waals surface area contributed by atoms with E-state index in [4.69, 9.17) is 0 Å². The summed E-state index contributed by atoms with van der Waals surface area (Å²) >= 11 is 0. The lowest BCUT2D eigenvalue weighted by atomic mass is 10.1. The second-order valence-electron chi connectivity index (χ2n) is 5.52. The Morgan fingerprint density at radius 1 is 1.05 bits per heavy atom. The maximum Gasteiger partial charge on any atom is 0.237 e. The highest BCUT2D eigenvalue weighted by Crippen LogP contribution is 2.15. The lowest BCUT2D eigenvalue weighted by Gasteiger charge is -2.09. The molecule has 0 heterocycles. The highest BCUT2D eigenvalue weighted by Gasteiger charge is 2.11. The van der Waals surface area contributed by atoms with Crippen molar-refractivity contribution in [1.82, 2.24) is 0 Å². The maximum atomic E-state index is 12.2. The van der Waals surface area contributed by atoms with Crippen LogP contribution in [-0.4, -0.2) is 15.9 Å². The summed E-state index contributed by atoms with van der Waals surface area (Å²) in [5.41, 5.74) is 5.06. The normalized spacial score (nSPS) is 12.0. The molecule has 0 aliphatic rings. The number of hydrogen-bond acceptors (Lipinski definition) is 2. The molecule has 0 radical (unpaired) electrons. The van der Waals surface area contributed by atoms with Crippen molar-refractivity contribution in [3.05, 3.63) is 64.7 Å². The van der Waals surface area contributed by atoms with Crippen LogP contribution < -0.4 is 5.32 Å². The van der Waals surface area contributed by atoms with Crippen molar-refractivity contribution in [3.8, 4) is 0 Å². The van der Waals surface area contributed by atoms with Crippen molar-refractivity contribution in [3.63, 3.8) is 0 Å². The molecular weight excluding hydrogens is 294 g/mol. The van der Waals surface area contributed by atoms with E-state index in [0.29, 0.717) is 5.75 Å². The van der Waals surface area contributed by atoms with Gasteiger partial charge in [-0.15, -0.1) is 0 Å². The number of rotatable bonds is 5. The summed E-state index contributed by atoms with van der Waals surface area (Å²) in [5, 5.41) is 2.82. The summed E-state index contributed by atoms with van der Waals surface area (Å²) in [6.45, 7) is 5.94. The van der Waals surface area contributed by atoms with Crippen molar-refractivity contribution >= 4 is 22.4 Å². The quantitative estimate of drug-likeness (QED) is 0.918. The largest absolute Gasteiger partial charge is 0.325 e. The van der Waals surface area contributed by atoms with Crippen molar-refractivity contribution in [1.29, 1.82) is 0 Å². The fraction of sp³-hybridized carbons (Fsp3) is 0.278. The summed E-state index contributed by atoms with van der Waals surface area (Å²) < 4.78 is 12.2. The van der Waals surface area contributed by atoms with Gasteiger partial charge in [0.1, 0.15) is 5.75 Å². The average Bonchev–Trinajstić information content (AvgIpc) is 2.45. The van der Waals surface area contributed by atoms with Crippen LogP contribution >= 0.6 is 0 Å². The van der Waals surface area contributed by atoms with E-state index in [-0.39, 0.29) is 11.7 Å². The number of amides is 1. The Bertz CT molecular complexity index is 710. The lowest BCUT2D eigenvalue weighted by molar-refractivity contribution is -0.113. The molecule has 22 heavy (non-hydrogen) atoms. The molecule has 0 saturated heterocycles. The number of anilines is 1. The number of carbonyl (C=O) groups is 1. The van der Waals surface area contributed by atoms with Crippen LogP contribution in [0.2, 0.25) is 0 Å². The van der Waals surface area contributed by atoms with E-state index < -0.39 is 10.8 Å². The van der Waals surface area contributed by atoms with Gasteiger partial charge in [-0.2, -0.15) is 0 Å². The predicted molar refractivity (Wildman–Crippen MR) is 92.4 cm³/mol. The molecule has 2 aromatic carbocycles. The molecule has 0 fully saturated rings. The Morgan fingerprint density at radius 3 is 2.50 bits per heavy atom. The van der Waals surface area contributed by atoms with Gasteiger partial charge in [0.15, 0.2) is 0 Å². The molecule has 2 aromatic rings. The SMILES string of the molecule is Cc1ccc(C)c(C[S@@](=O)CC(=O)Nc2ccccc2C)c1. The van der Waals surface area contributed by atoms with Gasteiger partial charge >= 0.3 is 0 Å². The number of benzene rings is 2. The Kier molecular flexibility index (Phi) is 5.50. The van der Waals surface area contributed by atoms with Gasteiger partial charge < -0.3 is 5.32 Å². The summed E-state index contributed by atoms with van der Waals surface area (Å²) in [7, 11) is -1.21. The molecule has 1 N–H and O–H groups in total. The van der Waals surface area contributed by atoms with E-state index in [1.54, 1.807) is 0 Å². The van der Waals surface area contributed by atoms with Crippen LogP contribution in [0.15, 0.2) is 42.5 Å². The van der Waals surface area contributed by atoms with Gasteiger partial charge in [-0.05, 0) is 43.5 Å². The van der Waals surface area contributed by atoms with E-state index in [0.717, 1.165) is 27.9 Å². The van der Waals surface area contributed by atoms with Crippen LogP contribution in [0.3, 0.4) is 0 Å². The third-order valence-electron chi connectivity index (χ3n) is 3.53. The third kappa shape index (κ3) is 4.53. The highest BCUT2D eigenvalue weighted by atomic mass is 32.2. The standard InChI is InChI=1S/C18H21NO2S/c1-13-8-9-14(2)16(10-13)11-22(21)12-18(20)19-17-7-5-4-6-15(17)3/h4-10H,11-12H2,1-3H3,(H,19,20)/t22-/m1/s1. The molecule has 0 saturated carbocycles. The van der Waals surface area contributed by atoms with E-state index >= 15 is 0 Å². The summed E-state index contributed by atoms with van der Waals surface area (Å²) in [4.78, 5) is 12.0. The summed E-state index contributed by atoms with van der Waals surface area (Å²) in [6, 6.07) is 13.7. The number of para-hydroxylation sites is 1. The van der Waals surface area contributed by atoms with Gasteiger partial charge in [0.25, 0.3) is 0 Å². The minimum absolute atomic E-state index is 0.0156. The summed E-state index contributed by atoms with van der Waals surface area (Å²) in [6.07, 6.45) is 0. The first kappa shape index (κ1) is 16.4. The Labute approximate surface area is 134 Å². The van der Waals surface area contributed by atoms with Gasteiger partial charge in [-0.1, -0.05) is 42.0 Å². The number of hydrogen-bond donors (Lipinski definition) is 1. The molecule has 1 amide bonds. The predicted octanol–water partition coefficient (Wildman–Crippen LogP) is 3.50. The van der Waals surface area contributed by atoms with Gasteiger partial charge in [0.05, 0.1) is 0 Å². The topological polar surface area (TPSA) is 46.2 Å². The number of carbonyl (C=O) groups excluding carboxylic acids is 1. The minimum atomic E-state index is -1.21. The van der Waals surface area contributed by atoms with Gasteiger partial charge in [0.2, 0.25) is 5.91 Å².